The Kier molecular flexibility index (Phi) is 4.92. The molecule has 1 amide bonds. The quantitative estimate of drug-likeness (QED) is 0.623. The molecule has 9 heteroatoms. The Morgan fingerprint density at radius 2 is 1.90 bits per heavy atom. The van der Waals surface area contributed by atoms with E-state index in [0.717, 1.165) is 56.5 Å². The van der Waals surface area contributed by atoms with Crippen LogP contribution >= 0.6 is 11.3 Å². The highest BCUT2D eigenvalue weighted by molar-refractivity contribution is 7.20. The lowest BCUT2D eigenvalue weighted by Gasteiger charge is -2.30. The minimum absolute atomic E-state index is 0.00439. The van der Waals surface area contributed by atoms with Gasteiger partial charge >= 0.3 is 0 Å². The Morgan fingerprint density at radius 1 is 1.10 bits per heavy atom. The number of piperidine rings is 1. The smallest absolute Gasteiger partial charge is 0.264 e. The van der Waals surface area contributed by atoms with Crippen LogP contribution in [-0.4, -0.2) is 43.6 Å². The lowest BCUT2D eigenvalue weighted by atomic mass is 9.96. The fourth-order valence-corrected chi connectivity index (χ4v) is 5.72. The van der Waals surface area contributed by atoms with Crippen LogP contribution in [0.25, 0.3) is 10.2 Å². The molecule has 5 rings (SSSR count). The number of thiophene rings is 1. The van der Waals surface area contributed by atoms with Crippen molar-refractivity contribution in [2.45, 2.75) is 64.8 Å². The minimum Gasteiger partial charge on any atom is -0.339 e. The van der Waals surface area contributed by atoms with Gasteiger partial charge in [0.1, 0.15) is 10.7 Å². The van der Waals surface area contributed by atoms with Crippen molar-refractivity contribution in [3.8, 4) is 0 Å². The Labute approximate surface area is 177 Å². The summed E-state index contributed by atoms with van der Waals surface area (Å²) in [5, 5.41) is 4.49. The van der Waals surface area contributed by atoms with Gasteiger partial charge in [0.15, 0.2) is 5.82 Å². The number of hydrogen-bond acceptors (Lipinski definition) is 7. The highest BCUT2D eigenvalue weighted by Crippen LogP contribution is 2.32. The third kappa shape index (κ3) is 3.25. The summed E-state index contributed by atoms with van der Waals surface area (Å²) >= 11 is 1.36. The van der Waals surface area contributed by atoms with Crippen LogP contribution in [0.3, 0.4) is 0 Å². The van der Waals surface area contributed by atoms with Crippen molar-refractivity contribution in [1.82, 2.24) is 24.6 Å². The predicted octanol–water partition coefficient (Wildman–Crippen LogP) is 3.20. The molecular formula is C21H25N5O3S. The second kappa shape index (κ2) is 7.61. The Balaban J connectivity index is 1.41. The molecule has 3 aromatic heterocycles. The summed E-state index contributed by atoms with van der Waals surface area (Å²) in [5.74, 6) is 2.36. The third-order valence-electron chi connectivity index (χ3n) is 6.28. The fourth-order valence-electron chi connectivity index (χ4n) is 4.57. The minimum atomic E-state index is -0.00439. The van der Waals surface area contributed by atoms with Crippen LogP contribution in [0, 0.1) is 13.8 Å². The van der Waals surface area contributed by atoms with Crippen molar-refractivity contribution in [3.63, 3.8) is 0 Å². The van der Waals surface area contributed by atoms with E-state index in [1.807, 2.05) is 23.3 Å². The van der Waals surface area contributed by atoms with E-state index in [1.54, 1.807) is 0 Å². The van der Waals surface area contributed by atoms with Crippen molar-refractivity contribution >= 4 is 27.5 Å². The van der Waals surface area contributed by atoms with Crippen molar-refractivity contribution in [2.75, 3.05) is 13.1 Å². The standard InChI is InChI=1S/C21H25N5O3S/c1-12-16-19(23-15-6-4-3-5-9-26(15)20(16)27)30-17(12)21(28)25-10-7-14(8-11-25)18-22-13(2)24-29-18/h14H,3-11H2,1-2H3. The number of nitrogens with zero attached hydrogens (tertiary/aromatic N) is 5. The van der Waals surface area contributed by atoms with E-state index in [1.165, 1.54) is 11.3 Å². The van der Waals surface area contributed by atoms with Gasteiger partial charge in [-0.3, -0.25) is 14.2 Å². The number of aryl methyl sites for hydroxylation is 3. The Morgan fingerprint density at radius 3 is 2.63 bits per heavy atom. The SMILES string of the molecule is Cc1noc(C2CCN(C(=O)c3sc4nc5n(c(=O)c4c3C)CCCCC5)CC2)n1. The molecule has 0 spiro atoms. The van der Waals surface area contributed by atoms with Gasteiger partial charge in [-0.05, 0) is 45.1 Å². The molecule has 1 fully saturated rings. The maximum atomic E-state index is 13.3. The van der Waals surface area contributed by atoms with Gasteiger partial charge < -0.3 is 9.42 Å². The summed E-state index contributed by atoms with van der Waals surface area (Å²) in [4.78, 5) is 38.7. The molecule has 0 bridgehead atoms. The van der Waals surface area contributed by atoms with Crippen molar-refractivity contribution < 1.29 is 9.32 Å². The first kappa shape index (κ1) is 19.4. The number of rotatable bonds is 2. The van der Waals surface area contributed by atoms with Gasteiger partial charge in [-0.1, -0.05) is 11.6 Å². The van der Waals surface area contributed by atoms with E-state index in [4.69, 9.17) is 9.51 Å². The van der Waals surface area contributed by atoms with Crippen LogP contribution in [0.4, 0.5) is 0 Å². The van der Waals surface area contributed by atoms with E-state index >= 15 is 0 Å². The molecule has 158 valence electrons. The largest absolute Gasteiger partial charge is 0.339 e. The maximum Gasteiger partial charge on any atom is 0.264 e. The van der Waals surface area contributed by atoms with Crippen LogP contribution in [0.15, 0.2) is 9.32 Å². The summed E-state index contributed by atoms with van der Waals surface area (Å²) in [6.07, 6.45) is 5.61. The first-order valence-corrected chi connectivity index (χ1v) is 11.5. The first-order valence-electron chi connectivity index (χ1n) is 10.6. The van der Waals surface area contributed by atoms with E-state index in [9.17, 15) is 9.59 Å². The highest BCUT2D eigenvalue weighted by Gasteiger charge is 2.30. The van der Waals surface area contributed by atoms with Gasteiger partial charge in [0.2, 0.25) is 5.89 Å². The second-order valence-corrected chi connectivity index (χ2v) is 9.28. The van der Waals surface area contributed by atoms with E-state index in [-0.39, 0.29) is 17.4 Å². The van der Waals surface area contributed by atoms with E-state index < -0.39 is 0 Å². The summed E-state index contributed by atoms with van der Waals surface area (Å²) in [6.45, 7) is 5.69. The zero-order valence-electron chi connectivity index (χ0n) is 17.3. The molecule has 0 aromatic carbocycles. The number of hydrogen-bond donors (Lipinski definition) is 0. The van der Waals surface area contributed by atoms with Gasteiger partial charge in [-0.2, -0.15) is 4.98 Å². The molecule has 0 unspecified atom stereocenters. The first-order chi connectivity index (χ1) is 14.5. The lowest BCUT2D eigenvalue weighted by Crippen LogP contribution is -2.37. The highest BCUT2D eigenvalue weighted by atomic mass is 32.1. The molecule has 30 heavy (non-hydrogen) atoms. The lowest BCUT2D eigenvalue weighted by molar-refractivity contribution is 0.0709. The summed E-state index contributed by atoms with van der Waals surface area (Å²) in [5.41, 5.74) is 0.780. The van der Waals surface area contributed by atoms with Gasteiger partial charge in [-0.25, -0.2) is 4.98 Å². The van der Waals surface area contributed by atoms with Gasteiger partial charge in [-0.15, -0.1) is 11.3 Å². The molecular weight excluding hydrogens is 402 g/mol. The zero-order chi connectivity index (χ0) is 20.8. The predicted molar refractivity (Wildman–Crippen MR) is 113 cm³/mol. The van der Waals surface area contributed by atoms with Crippen molar-refractivity contribution in [3.05, 3.63) is 38.3 Å². The molecule has 5 heterocycles. The number of fused-ring (bicyclic) bond motifs is 2. The molecule has 0 radical (unpaired) electrons. The number of likely N-dealkylation sites (tertiary alicyclic amines) is 1. The fraction of sp³-hybridized carbons (Fsp3) is 0.571. The molecule has 2 aliphatic heterocycles. The van der Waals surface area contributed by atoms with Crippen LogP contribution in [-0.2, 0) is 13.0 Å². The number of carbonyl (C=O) groups is 1. The van der Waals surface area contributed by atoms with Crippen LogP contribution in [0.2, 0.25) is 0 Å². The monoisotopic (exact) mass is 427 g/mol. The molecule has 0 atom stereocenters. The maximum absolute atomic E-state index is 13.3. The number of carbonyl (C=O) groups excluding carboxylic acids is 1. The zero-order valence-corrected chi connectivity index (χ0v) is 18.1. The molecule has 8 nitrogen and oxygen atoms in total. The molecule has 0 aliphatic carbocycles. The summed E-state index contributed by atoms with van der Waals surface area (Å²) < 4.78 is 7.13. The summed E-state index contributed by atoms with van der Waals surface area (Å²) in [7, 11) is 0. The molecule has 0 saturated carbocycles. The molecule has 3 aromatic rings. The van der Waals surface area contributed by atoms with Crippen molar-refractivity contribution in [2.24, 2.45) is 0 Å². The van der Waals surface area contributed by atoms with Crippen molar-refractivity contribution in [1.29, 1.82) is 0 Å². The number of aromatic nitrogens is 4. The summed E-state index contributed by atoms with van der Waals surface area (Å²) in [6, 6.07) is 0. The van der Waals surface area contributed by atoms with E-state index in [2.05, 4.69) is 10.1 Å². The average molecular weight is 428 g/mol. The number of amides is 1. The molecule has 0 N–H and O–H groups in total. The Hall–Kier alpha value is -2.55. The normalized spacial score (nSPS) is 17.9. The van der Waals surface area contributed by atoms with E-state index in [0.29, 0.717) is 39.9 Å². The topological polar surface area (TPSA) is 94.1 Å². The molecule has 2 aliphatic rings. The van der Waals surface area contributed by atoms with Gasteiger partial charge in [0, 0.05) is 32.0 Å². The van der Waals surface area contributed by atoms with Gasteiger partial charge in [0.05, 0.1) is 10.3 Å². The van der Waals surface area contributed by atoms with Crippen LogP contribution in [0.1, 0.15) is 70.8 Å². The Bertz CT molecular complexity index is 1170. The van der Waals surface area contributed by atoms with Gasteiger partial charge in [0.25, 0.3) is 11.5 Å². The third-order valence-corrected chi connectivity index (χ3v) is 7.45. The average Bonchev–Trinajstić information content (AvgIpc) is 3.23. The second-order valence-electron chi connectivity index (χ2n) is 8.28. The van der Waals surface area contributed by atoms with Crippen LogP contribution < -0.4 is 5.56 Å². The van der Waals surface area contributed by atoms with Crippen LogP contribution in [0.5, 0.6) is 0 Å². The molecule has 1 saturated heterocycles.